The summed E-state index contributed by atoms with van der Waals surface area (Å²) < 4.78 is 16.2. The Morgan fingerprint density at radius 1 is 1.00 bits per heavy atom. The zero-order valence-corrected chi connectivity index (χ0v) is 21.0. The predicted octanol–water partition coefficient (Wildman–Crippen LogP) is 7.21. The van der Waals surface area contributed by atoms with E-state index in [4.69, 9.17) is 16.6 Å². The van der Waals surface area contributed by atoms with E-state index in [1.54, 1.807) is 35.0 Å². The second-order valence-corrected chi connectivity index (χ2v) is 9.11. The molecule has 0 unspecified atom stereocenters. The zero-order valence-electron chi connectivity index (χ0n) is 18.7. The number of rotatable bonds is 6. The average Bonchev–Trinajstić information content (AvgIpc) is 3.26. The highest BCUT2D eigenvalue weighted by Gasteiger charge is 2.13. The number of benzene rings is 3. The van der Waals surface area contributed by atoms with Crippen LogP contribution in [0.5, 0.6) is 0 Å². The van der Waals surface area contributed by atoms with Crippen molar-refractivity contribution in [2.75, 3.05) is 16.0 Å². The third-order valence-corrected chi connectivity index (χ3v) is 6.28. The maximum atomic E-state index is 13.7. The fraction of sp³-hybridized carbons (Fsp3) is 0.0385. The van der Waals surface area contributed by atoms with Gasteiger partial charge >= 0.3 is 6.03 Å². The molecule has 7 nitrogen and oxygen atoms in total. The number of hydrogen-bond donors (Lipinski definition) is 3. The van der Waals surface area contributed by atoms with Gasteiger partial charge in [-0.25, -0.2) is 14.2 Å². The summed E-state index contributed by atoms with van der Waals surface area (Å²) in [7, 11) is 0. The first-order valence-corrected chi connectivity index (χ1v) is 12.1. The highest BCUT2D eigenvalue weighted by Crippen LogP contribution is 2.30. The molecule has 180 valence electrons. The van der Waals surface area contributed by atoms with Gasteiger partial charge in [-0.2, -0.15) is 9.61 Å². The predicted molar refractivity (Wildman–Crippen MR) is 144 cm³/mol. The molecule has 0 spiro atoms. The van der Waals surface area contributed by atoms with Crippen molar-refractivity contribution in [1.29, 1.82) is 0 Å². The number of nitrogens with one attached hydrogen (secondary N) is 3. The normalized spacial score (nSPS) is 10.9. The smallest absolute Gasteiger partial charge is 0.323 e. The molecule has 0 radical (unpaired) electrons. The van der Waals surface area contributed by atoms with Gasteiger partial charge in [0.2, 0.25) is 0 Å². The molecule has 2 heterocycles. The van der Waals surface area contributed by atoms with Crippen LogP contribution in [-0.4, -0.2) is 20.6 Å². The van der Waals surface area contributed by atoms with E-state index in [1.807, 2.05) is 42.5 Å². The van der Waals surface area contributed by atoms with E-state index < -0.39 is 11.8 Å². The number of halogens is 3. The van der Waals surface area contributed by atoms with Crippen LogP contribution < -0.4 is 16.0 Å². The summed E-state index contributed by atoms with van der Waals surface area (Å²) in [6.07, 6.45) is 1.69. The summed E-state index contributed by atoms with van der Waals surface area (Å²) in [5.41, 5.74) is 3.87. The van der Waals surface area contributed by atoms with Crippen LogP contribution in [0.15, 0.2) is 89.5 Å². The van der Waals surface area contributed by atoms with Crippen LogP contribution in [0.25, 0.3) is 16.9 Å². The van der Waals surface area contributed by atoms with Gasteiger partial charge in [-0.1, -0.05) is 54.1 Å². The van der Waals surface area contributed by atoms with Crippen molar-refractivity contribution in [2.45, 2.75) is 6.54 Å². The lowest BCUT2D eigenvalue weighted by Crippen LogP contribution is -2.20. The topological polar surface area (TPSA) is 83.3 Å². The van der Waals surface area contributed by atoms with Crippen molar-refractivity contribution in [2.24, 2.45) is 0 Å². The van der Waals surface area contributed by atoms with E-state index >= 15 is 0 Å². The first-order valence-electron chi connectivity index (χ1n) is 10.9. The fourth-order valence-electron chi connectivity index (χ4n) is 3.61. The summed E-state index contributed by atoms with van der Waals surface area (Å²) in [5.74, 6) is 0.244. The third kappa shape index (κ3) is 5.17. The van der Waals surface area contributed by atoms with Gasteiger partial charge in [-0.3, -0.25) is 0 Å². The molecule has 5 aromatic rings. The lowest BCUT2D eigenvalue weighted by Gasteiger charge is -2.12. The lowest BCUT2D eigenvalue weighted by molar-refractivity contribution is 0.262. The number of para-hydroxylation sites is 1. The Morgan fingerprint density at radius 3 is 2.53 bits per heavy atom. The highest BCUT2D eigenvalue weighted by molar-refractivity contribution is 9.10. The maximum Gasteiger partial charge on any atom is 0.323 e. The number of fused-ring (bicyclic) bond motifs is 1. The van der Waals surface area contributed by atoms with Crippen LogP contribution in [0.2, 0.25) is 5.02 Å². The number of nitrogens with zero attached hydrogens (tertiary/aromatic N) is 3. The Morgan fingerprint density at radius 2 is 1.75 bits per heavy atom. The van der Waals surface area contributed by atoms with Crippen molar-refractivity contribution >= 4 is 56.4 Å². The molecule has 0 saturated heterocycles. The minimum Gasteiger partial charge on any atom is -0.366 e. The summed E-state index contributed by atoms with van der Waals surface area (Å²) in [5, 5.41) is 13.6. The molecule has 0 bridgehead atoms. The van der Waals surface area contributed by atoms with Crippen LogP contribution in [0.4, 0.5) is 26.4 Å². The largest absolute Gasteiger partial charge is 0.366 e. The summed E-state index contributed by atoms with van der Waals surface area (Å²) >= 11 is 9.91. The van der Waals surface area contributed by atoms with Gasteiger partial charge < -0.3 is 16.0 Å². The molecule has 3 aromatic carbocycles. The Labute approximate surface area is 219 Å². The molecule has 5 rings (SSSR count). The maximum absolute atomic E-state index is 13.7. The zero-order chi connectivity index (χ0) is 25.1. The summed E-state index contributed by atoms with van der Waals surface area (Å²) in [6.45, 7) is 0.500. The minimum absolute atomic E-state index is 0.112. The molecule has 36 heavy (non-hydrogen) atoms. The van der Waals surface area contributed by atoms with Gasteiger partial charge in [-0.05, 0) is 51.8 Å². The molecule has 10 heteroatoms. The molecule has 0 aliphatic heterocycles. The standard InChI is InChI=1S/C26H19BrClFN6O/c27-19-15-31-35-24(13-23(33-25(19)35)18-5-1-2-6-20(18)28)30-14-16-9-11-17(12-10-16)32-26(36)34-22-8-4-3-7-21(22)29/h1-13,15,30H,14H2,(H2,32,34,36). The molecular weight excluding hydrogens is 547 g/mol. The van der Waals surface area contributed by atoms with Gasteiger partial charge in [0, 0.05) is 28.9 Å². The van der Waals surface area contributed by atoms with Crippen LogP contribution in [-0.2, 0) is 6.54 Å². The molecule has 0 atom stereocenters. The Hall–Kier alpha value is -3.95. The number of urea groups is 1. The van der Waals surface area contributed by atoms with Crippen LogP contribution in [0.1, 0.15) is 5.56 Å². The van der Waals surface area contributed by atoms with Crippen molar-refractivity contribution in [3.8, 4) is 11.3 Å². The first-order chi connectivity index (χ1) is 17.5. The molecule has 0 saturated carbocycles. The first kappa shape index (κ1) is 23.8. The number of amides is 2. The summed E-state index contributed by atoms with van der Waals surface area (Å²) in [4.78, 5) is 16.9. The quantitative estimate of drug-likeness (QED) is 0.203. The van der Waals surface area contributed by atoms with Crippen molar-refractivity contribution in [1.82, 2.24) is 14.6 Å². The van der Waals surface area contributed by atoms with Gasteiger partial charge in [0.05, 0.1) is 22.1 Å². The van der Waals surface area contributed by atoms with E-state index in [1.165, 1.54) is 12.1 Å². The summed E-state index contributed by atoms with van der Waals surface area (Å²) in [6, 6.07) is 22.2. The number of carbonyl (C=O) groups excluding carboxylic acids is 1. The van der Waals surface area contributed by atoms with Crippen molar-refractivity contribution in [3.05, 3.63) is 106 Å². The van der Waals surface area contributed by atoms with Gasteiger partial charge in [0.15, 0.2) is 5.65 Å². The number of hydrogen-bond acceptors (Lipinski definition) is 4. The molecule has 2 aromatic heterocycles. The van der Waals surface area contributed by atoms with Crippen LogP contribution in [0, 0.1) is 5.82 Å². The van der Waals surface area contributed by atoms with E-state index in [0.29, 0.717) is 22.9 Å². The second kappa shape index (κ2) is 10.3. The Bertz CT molecular complexity index is 1560. The van der Waals surface area contributed by atoms with E-state index in [-0.39, 0.29) is 5.69 Å². The monoisotopic (exact) mass is 564 g/mol. The second-order valence-electron chi connectivity index (χ2n) is 7.84. The molecule has 0 aliphatic carbocycles. The van der Waals surface area contributed by atoms with Gasteiger partial charge in [-0.15, -0.1) is 0 Å². The van der Waals surface area contributed by atoms with Gasteiger partial charge in [0.1, 0.15) is 11.6 Å². The van der Waals surface area contributed by atoms with E-state index in [9.17, 15) is 9.18 Å². The number of aromatic nitrogens is 3. The number of carbonyl (C=O) groups is 1. The molecular formula is C26H19BrClFN6O. The van der Waals surface area contributed by atoms with Crippen molar-refractivity contribution < 1.29 is 9.18 Å². The Kier molecular flexibility index (Phi) is 6.84. The SMILES string of the molecule is O=C(Nc1ccc(CNc2cc(-c3ccccc3Cl)nc3c(Br)cnn23)cc1)Nc1ccccc1F. The minimum atomic E-state index is -0.526. The van der Waals surface area contributed by atoms with Crippen molar-refractivity contribution in [3.63, 3.8) is 0 Å². The highest BCUT2D eigenvalue weighted by atomic mass is 79.9. The molecule has 0 aliphatic rings. The Balaban J connectivity index is 1.30. The third-order valence-electron chi connectivity index (χ3n) is 5.39. The van der Waals surface area contributed by atoms with Crippen LogP contribution >= 0.6 is 27.5 Å². The molecule has 0 fully saturated rings. The van der Waals surface area contributed by atoms with E-state index in [2.05, 4.69) is 37.0 Å². The molecule has 3 N–H and O–H groups in total. The lowest BCUT2D eigenvalue weighted by atomic mass is 10.1. The average molecular weight is 566 g/mol. The number of anilines is 3. The van der Waals surface area contributed by atoms with Crippen LogP contribution in [0.3, 0.4) is 0 Å². The fourth-order valence-corrected chi connectivity index (χ4v) is 4.20. The van der Waals surface area contributed by atoms with E-state index in [0.717, 1.165) is 27.1 Å². The van der Waals surface area contributed by atoms with Gasteiger partial charge in [0.25, 0.3) is 0 Å². The molecule has 2 amide bonds.